The molecule has 0 aromatic heterocycles. The van der Waals surface area contributed by atoms with Gasteiger partial charge >= 0.3 is 0 Å². The van der Waals surface area contributed by atoms with Crippen LogP contribution in [0.25, 0.3) is 0 Å². The van der Waals surface area contributed by atoms with Crippen molar-refractivity contribution in [3.05, 3.63) is 0 Å². The second kappa shape index (κ2) is 6.85. The van der Waals surface area contributed by atoms with Crippen molar-refractivity contribution in [2.45, 2.75) is 18.9 Å². The molecule has 0 bridgehead atoms. The molecule has 1 amide bonds. The average Bonchev–Trinajstić information content (AvgIpc) is 2.29. The molecular formula is C14H28N4O2. The molecule has 0 saturated carbocycles. The van der Waals surface area contributed by atoms with Crippen molar-refractivity contribution in [2.24, 2.45) is 11.7 Å². The highest BCUT2D eigenvalue weighted by atomic mass is 16.5. The van der Waals surface area contributed by atoms with Gasteiger partial charge in [0.25, 0.3) is 0 Å². The van der Waals surface area contributed by atoms with Crippen LogP contribution in [0.15, 0.2) is 0 Å². The molecule has 0 aromatic rings. The van der Waals surface area contributed by atoms with E-state index in [1.54, 1.807) is 0 Å². The van der Waals surface area contributed by atoms with Crippen LogP contribution < -0.4 is 11.1 Å². The van der Waals surface area contributed by atoms with Gasteiger partial charge in [0.15, 0.2) is 0 Å². The van der Waals surface area contributed by atoms with Crippen LogP contribution in [0.5, 0.6) is 0 Å². The highest BCUT2D eigenvalue weighted by Gasteiger charge is 2.46. The highest BCUT2D eigenvalue weighted by molar-refractivity contribution is 5.86. The molecule has 2 aliphatic rings. The van der Waals surface area contributed by atoms with E-state index in [-0.39, 0.29) is 5.91 Å². The van der Waals surface area contributed by atoms with Crippen LogP contribution in [0.1, 0.15) is 13.3 Å². The summed E-state index contributed by atoms with van der Waals surface area (Å²) in [4.78, 5) is 16.0. The van der Waals surface area contributed by atoms with Crippen LogP contribution in [0.3, 0.4) is 0 Å². The normalized spacial score (nSPS) is 22.6. The molecule has 2 heterocycles. The van der Waals surface area contributed by atoms with Crippen LogP contribution >= 0.6 is 0 Å². The zero-order chi connectivity index (χ0) is 14.6. The van der Waals surface area contributed by atoms with Gasteiger partial charge in [-0.15, -0.1) is 0 Å². The molecule has 6 nitrogen and oxygen atoms in total. The summed E-state index contributed by atoms with van der Waals surface area (Å²) in [5.41, 5.74) is 4.98. The molecule has 0 aromatic carbocycles. The number of nitrogens with two attached hydrogens (primary N) is 1. The van der Waals surface area contributed by atoms with E-state index < -0.39 is 5.54 Å². The Morgan fingerprint density at radius 2 is 2.15 bits per heavy atom. The first-order valence-electron chi connectivity index (χ1n) is 7.60. The molecule has 0 atom stereocenters. The fourth-order valence-electron chi connectivity index (χ4n) is 2.82. The van der Waals surface area contributed by atoms with Crippen molar-refractivity contribution in [1.82, 2.24) is 15.1 Å². The SMILES string of the molecule is CCC1CN(CCOCCN(C)C2(C(N)=O)CNC2)C1. The number of carbonyl (C=O) groups is 1. The lowest BCUT2D eigenvalue weighted by Gasteiger charge is -2.46. The van der Waals surface area contributed by atoms with Crippen molar-refractivity contribution < 1.29 is 9.53 Å². The molecule has 2 aliphatic heterocycles. The van der Waals surface area contributed by atoms with E-state index in [2.05, 4.69) is 17.1 Å². The maximum absolute atomic E-state index is 11.5. The number of nitrogens with one attached hydrogen (secondary N) is 1. The molecule has 20 heavy (non-hydrogen) atoms. The summed E-state index contributed by atoms with van der Waals surface area (Å²) >= 11 is 0. The molecule has 0 spiro atoms. The number of rotatable bonds is 9. The maximum Gasteiger partial charge on any atom is 0.240 e. The molecular weight excluding hydrogens is 256 g/mol. The quantitative estimate of drug-likeness (QED) is 0.537. The zero-order valence-corrected chi connectivity index (χ0v) is 12.7. The summed E-state index contributed by atoms with van der Waals surface area (Å²) in [6, 6.07) is 0. The first kappa shape index (κ1) is 15.7. The van der Waals surface area contributed by atoms with Crippen LogP contribution in [0.2, 0.25) is 0 Å². The van der Waals surface area contributed by atoms with E-state index in [1.807, 2.05) is 11.9 Å². The van der Waals surface area contributed by atoms with Gasteiger partial charge < -0.3 is 20.7 Å². The van der Waals surface area contributed by atoms with Gasteiger partial charge in [0.05, 0.1) is 13.2 Å². The van der Waals surface area contributed by atoms with Crippen LogP contribution in [-0.4, -0.2) is 80.8 Å². The van der Waals surface area contributed by atoms with Crippen molar-refractivity contribution in [3.8, 4) is 0 Å². The van der Waals surface area contributed by atoms with E-state index in [0.717, 1.165) is 25.6 Å². The minimum atomic E-state index is -0.505. The minimum Gasteiger partial charge on any atom is -0.379 e. The summed E-state index contributed by atoms with van der Waals surface area (Å²) in [5, 5.41) is 3.12. The second-order valence-corrected chi connectivity index (χ2v) is 6.07. The van der Waals surface area contributed by atoms with Gasteiger partial charge in [0.2, 0.25) is 5.91 Å². The Hall–Kier alpha value is -0.690. The first-order chi connectivity index (χ1) is 9.58. The zero-order valence-electron chi connectivity index (χ0n) is 12.7. The molecule has 2 saturated heterocycles. The number of hydrogen-bond acceptors (Lipinski definition) is 5. The van der Waals surface area contributed by atoms with Crippen molar-refractivity contribution >= 4 is 5.91 Å². The maximum atomic E-state index is 11.5. The first-order valence-corrected chi connectivity index (χ1v) is 7.60. The number of likely N-dealkylation sites (tertiary alicyclic amines) is 1. The Morgan fingerprint density at radius 3 is 2.65 bits per heavy atom. The van der Waals surface area contributed by atoms with E-state index >= 15 is 0 Å². The lowest BCUT2D eigenvalue weighted by Crippen LogP contribution is -2.74. The largest absolute Gasteiger partial charge is 0.379 e. The molecule has 0 radical (unpaired) electrons. The Balaban J connectivity index is 1.54. The number of primary amides is 1. The van der Waals surface area contributed by atoms with Gasteiger partial charge in [-0.05, 0) is 13.0 Å². The smallest absolute Gasteiger partial charge is 0.240 e. The average molecular weight is 284 g/mol. The summed E-state index contributed by atoms with van der Waals surface area (Å²) in [6.07, 6.45) is 1.28. The summed E-state index contributed by atoms with van der Waals surface area (Å²) in [6.45, 7) is 9.15. The lowest BCUT2D eigenvalue weighted by molar-refractivity contribution is -0.133. The Morgan fingerprint density at radius 1 is 1.45 bits per heavy atom. The fourth-order valence-corrected chi connectivity index (χ4v) is 2.82. The third kappa shape index (κ3) is 3.31. The summed E-state index contributed by atoms with van der Waals surface area (Å²) in [7, 11) is 1.94. The standard InChI is InChI=1S/C14H28N4O2/c1-3-12-8-18(9-12)5-7-20-6-4-17(2)14(13(15)19)10-16-11-14/h12,16H,3-11H2,1-2H3,(H2,15,19). The number of likely N-dealkylation sites (N-methyl/N-ethyl adjacent to an activating group) is 1. The van der Waals surface area contributed by atoms with Crippen LogP contribution in [0.4, 0.5) is 0 Å². The van der Waals surface area contributed by atoms with Gasteiger partial charge in [0.1, 0.15) is 5.54 Å². The number of hydrogen-bond donors (Lipinski definition) is 2. The molecule has 116 valence electrons. The summed E-state index contributed by atoms with van der Waals surface area (Å²) in [5.74, 6) is 0.646. The van der Waals surface area contributed by atoms with Gasteiger partial charge in [0, 0.05) is 39.3 Å². The third-order valence-corrected chi connectivity index (χ3v) is 4.76. The highest BCUT2D eigenvalue weighted by Crippen LogP contribution is 2.19. The van der Waals surface area contributed by atoms with Crippen molar-refractivity contribution in [2.75, 3.05) is 59.5 Å². The van der Waals surface area contributed by atoms with E-state index in [1.165, 1.54) is 19.5 Å². The summed E-state index contributed by atoms with van der Waals surface area (Å²) < 4.78 is 5.67. The Kier molecular flexibility index (Phi) is 5.37. The Bertz CT molecular complexity index is 327. The predicted octanol–water partition coefficient (Wildman–Crippen LogP) is -0.896. The predicted molar refractivity (Wildman–Crippen MR) is 78.5 cm³/mol. The van der Waals surface area contributed by atoms with Gasteiger partial charge in [-0.1, -0.05) is 13.3 Å². The fraction of sp³-hybridized carbons (Fsp3) is 0.929. The van der Waals surface area contributed by atoms with Crippen LogP contribution in [0, 0.1) is 5.92 Å². The lowest BCUT2D eigenvalue weighted by atomic mass is 9.90. The van der Waals surface area contributed by atoms with E-state index in [9.17, 15) is 4.79 Å². The molecule has 6 heteroatoms. The second-order valence-electron chi connectivity index (χ2n) is 6.07. The number of nitrogens with zero attached hydrogens (tertiary/aromatic N) is 2. The molecule has 3 N–H and O–H groups in total. The van der Waals surface area contributed by atoms with Crippen molar-refractivity contribution in [3.63, 3.8) is 0 Å². The van der Waals surface area contributed by atoms with Gasteiger partial charge in [-0.3, -0.25) is 9.69 Å². The third-order valence-electron chi connectivity index (χ3n) is 4.76. The van der Waals surface area contributed by atoms with Crippen molar-refractivity contribution in [1.29, 1.82) is 0 Å². The minimum absolute atomic E-state index is 0.245. The number of ether oxygens (including phenoxy) is 1. The molecule has 0 unspecified atom stereocenters. The number of amides is 1. The molecule has 0 aliphatic carbocycles. The molecule has 2 fully saturated rings. The van der Waals surface area contributed by atoms with Gasteiger partial charge in [-0.25, -0.2) is 0 Å². The van der Waals surface area contributed by atoms with Crippen LogP contribution in [-0.2, 0) is 9.53 Å². The molecule has 2 rings (SSSR count). The van der Waals surface area contributed by atoms with E-state index in [4.69, 9.17) is 10.5 Å². The Labute approximate surface area is 121 Å². The van der Waals surface area contributed by atoms with E-state index in [0.29, 0.717) is 19.7 Å². The monoisotopic (exact) mass is 284 g/mol. The topological polar surface area (TPSA) is 70.8 Å². The van der Waals surface area contributed by atoms with Gasteiger partial charge in [-0.2, -0.15) is 0 Å². The number of carbonyl (C=O) groups excluding carboxylic acids is 1.